The maximum atomic E-state index is 11.7. The van der Waals surface area contributed by atoms with Crippen molar-refractivity contribution in [3.8, 4) is 0 Å². The second kappa shape index (κ2) is 5.01. The summed E-state index contributed by atoms with van der Waals surface area (Å²) < 4.78 is 0. The monoisotopic (exact) mass is 263 g/mol. The van der Waals surface area contributed by atoms with Crippen molar-refractivity contribution in [2.75, 3.05) is 0 Å². The Bertz CT molecular complexity index is 628. The Labute approximate surface area is 108 Å². The highest BCUT2D eigenvalue weighted by Gasteiger charge is 2.08. The van der Waals surface area contributed by atoms with Crippen LogP contribution in [0, 0.1) is 0 Å². The zero-order valence-electron chi connectivity index (χ0n) is 9.53. The van der Waals surface area contributed by atoms with Crippen LogP contribution in [0.25, 0.3) is 10.9 Å². The minimum atomic E-state index is -0.408. The van der Waals surface area contributed by atoms with Crippen LogP contribution in [-0.4, -0.2) is 16.8 Å². The van der Waals surface area contributed by atoms with Crippen molar-refractivity contribution in [1.82, 2.24) is 15.8 Å². The lowest BCUT2D eigenvalue weighted by atomic mass is 10.1. The minimum Gasteiger partial charge on any atom is -0.274 e. The third-order valence-corrected chi connectivity index (χ3v) is 2.63. The Morgan fingerprint density at radius 1 is 1.22 bits per heavy atom. The van der Waals surface area contributed by atoms with Crippen LogP contribution in [0.1, 0.15) is 17.3 Å². The van der Waals surface area contributed by atoms with Gasteiger partial charge in [-0.05, 0) is 18.2 Å². The lowest BCUT2D eigenvalue weighted by Gasteiger charge is -2.06. The highest BCUT2D eigenvalue weighted by Crippen LogP contribution is 2.22. The fraction of sp³-hybridized carbons (Fsp3) is 0.0833. The van der Waals surface area contributed by atoms with Crippen molar-refractivity contribution in [3.63, 3.8) is 0 Å². The van der Waals surface area contributed by atoms with Crippen LogP contribution in [0.5, 0.6) is 0 Å². The summed E-state index contributed by atoms with van der Waals surface area (Å²) in [5, 5.41) is 1.35. The Kier molecular flexibility index (Phi) is 3.43. The molecule has 6 heteroatoms. The summed E-state index contributed by atoms with van der Waals surface area (Å²) in [5.74, 6) is -0.751. The van der Waals surface area contributed by atoms with Gasteiger partial charge in [-0.2, -0.15) is 0 Å². The van der Waals surface area contributed by atoms with E-state index in [1.807, 2.05) is 0 Å². The standard InChI is InChI=1S/C12H10ClN3O2/c1-7(17)15-16-12(18)8-2-3-9-10(13)4-5-14-11(9)6-8/h2-6H,1H3,(H,15,17)(H,16,18). The number of carbonyl (C=O) groups is 2. The molecule has 18 heavy (non-hydrogen) atoms. The molecule has 1 heterocycles. The first kappa shape index (κ1) is 12.3. The molecule has 0 spiro atoms. The summed E-state index contributed by atoms with van der Waals surface area (Å²) in [6.07, 6.45) is 1.57. The van der Waals surface area contributed by atoms with E-state index in [0.29, 0.717) is 16.1 Å². The first-order valence-electron chi connectivity index (χ1n) is 5.19. The molecule has 0 atom stereocenters. The molecule has 92 valence electrons. The number of hydrazine groups is 1. The van der Waals surface area contributed by atoms with Crippen molar-refractivity contribution in [3.05, 3.63) is 41.0 Å². The third-order valence-electron chi connectivity index (χ3n) is 2.30. The maximum Gasteiger partial charge on any atom is 0.269 e. The normalized spacial score (nSPS) is 10.1. The fourth-order valence-electron chi connectivity index (χ4n) is 1.47. The van der Waals surface area contributed by atoms with Crippen LogP contribution in [-0.2, 0) is 4.79 Å². The molecular weight excluding hydrogens is 254 g/mol. The molecule has 1 aromatic heterocycles. The maximum absolute atomic E-state index is 11.7. The summed E-state index contributed by atoms with van der Waals surface area (Å²) in [7, 11) is 0. The van der Waals surface area contributed by atoms with Crippen molar-refractivity contribution in [2.45, 2.75) is 6.92 Å². The van der Waals surface area contributed by atoms with Gasteiger partial charge in [-0.15, -0.1) is 0 Å². The molecular formula is C12H10ClN3O2. The van der Waals surface area contributed by atoms with Gasteiger partial charge in [-0.25, -0.2) is 0 Å². The number of amides is 2. The zero-order valence-corrected chi connectivity index (χ0v) is 10.3. The lowest BCUT2D eigenvalue weighted by Crippen LogP contribution is -2.40. The van der Waals surface area contributed by atoms with Crippen molar-refractivity contribution in [1.29, 1.82) is 0 Å². The molecule has 0 aliphatic heterocycles. The first-order chi connectivity index (χ1) is 8.58. The van der Waals surface area contributed by atoms with E-state index in [1.165, 1.54) is 6.92 Å². The van der Waals surface area contributed by atoms with Gasteiger partial charge >= 0.3 is 0 Å². The molecule has 0 radical (unpaired) electrons. The molecule has 0 saturated heterocycles. The smallest absolute Gasteiger partial charge is 0.269 e. The molecule has 0 unspecified atom stereocenters. The number of rotatable bonds is 1. The summed E-state index contributed by atoms with van der Waals surface area (Å²) >= 11 is 5.99. The fourth-order valence-corrected chi connectivity index (χ4v) is 1.69. The molecule has 1 aromatic carbocycles. The van der Waals surface area contributed by atoms with E-state index >= 15 is 0 Å². The number of carbonyl (C=O) groups excluding carboxylic acids is 2. The largest absolute Gasteiger partial charge is 0.274 e. The van der Waals surface area contributed by atoms with Crippen molar-refractivity contribution in [2.24, 2.45) is 0 Å². The first-order valence-corrected chi connectivity index (χ1v) is 5.57. The van der Waals surface area contributed by atoms with Gasteiger partial charge in [0, 0.05) is 24.1 Å². The quantitative estimate of drug-likeness (QED) is 0.769. The number of fused-ring (bicyclic) bond motifs is 1. The number of nitrogens with one attached hydrogen (secondary N) is 2. The highest BCUT2D eigenvalue weighted by atomic mass is 35.5. The highest BCUT2D eigenvalue weighted by molar-refractivity contribution is 6.35. The van der Waals surface area contributed by atoms with E-state index in [-0.39, 0.29) is 5.91 Å². The van der Waals surface area contributed by atoms with E-state index in [1.54, 1.807) is 30.5 Å². The topological polar surface area (TPSA) is 71.1 Å². The number of hydrogen-bond acceptors (Lipinski definition) is 3. The lowest BCUT2D eigenvalue weighted by molar-refractivity contribution is -0.119. The number of pyridine rings is 1. The Hall–Kier alpha value is -2.14. The predicted molar refractivity (Wildman–Crippen MR) is 68.0 cm³/mol. The zero-order chi connectivity index (χ0) is 13.1. The van der Waals surface area contributed by atoms with E-state index in [0.717, 1.165) is 5.39 Å². The van der Waals surface area contributed by atoms with Gasteiger partial charge in [-0.1, -0.05) is 17.7 Å². The third kappa shape index (κ3) is 2.57. The summed E-state index contributed by atoms with van der Waals surface area (Å²) in [6.45, 7) is 1.31. The van der Waals surface area contributed by atoms with Crippen LogP contribution >= 0.6 is 11.6 Å². The van der Waals surface area contributed by atoms with Gasteiger partial charge in [-0.3, -0.25) is 25.4 Å². The van der Waals surface area contributed by atoms with Gasteiger partial charge < -0.3 is 0 Å². The summed E-state index contributed by atoms with van der Waals surface area (Å²) in [5.41, 5.74) is 5.51. The van der Waals surface area contributed by atoms with E-state index in [9.17, 15) is 9.59 Å². The van der Waals surface area contributed by atoms with Crippen LogP contribution in [0.3, 0.4) is 0 Å². The van der Waals surface area contributed by atoms with Crippen LogP contribution in [0.2, 0.25) is 5.02 Å². The molecule has 0 fully saturated rings. The molecule has 0 aliphatic rings. The summed E-state index contributed by atoms with van der Waals surface area (Å²) in [6, 6.07) is 6.62. The number of nitrogens with zero attached hydrogens (tertiary/aromatic N) is 1. The number of benzene rings is 1. The van der Waals surface area contributed by atoms with Gasteiger partial charge in [0.2, 0.25) is 5.91 Å². The van der Waals surface area contributed by atoms with Gasteiger partial charge in [0.05, 0.1) is 10.5 Å². The van der Waals surface area contributed by atoms with Crippen molar-refractivity contribution < 1.29 is 9.59 Å². The summed E-state index contributed by atoms with van der Waals surface area (Å²) in [4.78, 5) is 26.5. The van der Waals surface area contributed by atoms with Gasteiger partial charge in [0.1, 0.15) is 0 Å². The molecule has 2 amide bonds. The van der Waals surface area contributed by atoms with Gasteiger partial charge in [0.25, 0.3) is 5.91 Å². The Morgan fingerprint density at radius 3 is 2.72 bits per heavy atom. The molecule has 0 bridgehead atoms. The van der Waals surface area contributed by atoms with Gasteiger partial charge in [0.15, 0.2) is 0 Å². The van der Waals surface area contributed by atoms with E-state index in [2.05, 4.69) is 15.8 Å². The predicted octanol–water partition coefficient (Wildman–Crippen LogP) is 1.67. The molecule has 5 nitrogen and oxygen atoms in total. The minimum absolute atomic E-state index is 0.342. The molecule has 0 aliphatic carbocycles. The van der Waals surface area contributed by atoms with Crippen LogP contribution in [0.4, 0.5) is 0 Å². The number of aromatic nitrogens is 1. The Balaban J connectivity index is 2.30. The van der Waals surface area contributed by atoms with Crippen LogP contribution in [0.15, 0.2) is 30.5 Å². The van der Waals surface area contributed by atoms with E-state index < -0.39 is 5.91 Å². The Morgan fingerprint density at radius 2 is 2.00 bits per heavy atom. The van der Waals surface area contributed by atoms with Crippen LogP contribution < -0.4 is 10.9 Å². The van der Waals surface area contributed by atoms with E-state index in [4.69, 9.17) is 11.6 Å². The average molecular weight is 264 g/mol. The SMILES string of the molecule is CC(=O)NNC(=O)c1ccc2c(Cl)ccnc2c1. The van der Waals surface area contributed by atoms with Crippen molar-refractivity contribution >= 4 is 34.3 Å². The number of halogens is 1. The molecule has 0 saturated carbocycles. The molecule has 2 rings (SSSR count). The second-order valence-electron chi connectivity index (χ2n) is 3.66. The average Bonchev–Trinajstić information content (AvgIpc) is 2.35. The number of hydrogen-bond donors (Lipinski definition) is 2. The second-order valence-corrected chi connectivity index (χ2v) is 4.07. The molecule has 2 aromatic rings. The molecule has 2 N–H and O–H groups in total.